The smallest absolute Gasteiger partial charge is 0.437 e. The van der Waals surface area contributed by atoms with Crippen LogP contribution >= 0.6 is 0 Å². The third-order valence-electron chi connectivity index (χ3n) is 6.49. The normalized spacial score (nSPS) is 15.3. The number of aromatic nitrogens is 4. The molecule has 0 radical (unpaired) electrons. The topological polar surface area (TPSA) is 156 Å². The fourth-order valence-corrected chi connectivity index (χ4v) is 4.68. The van der Waals surface area contributed by atoms with E-state index in [2.05, 4.69) is 32.5 Å². The predicted molar refractivity (Wildman–Crippen MR) is 156 cm³/mol. The van der Waals surface area contributed by atoms with Crippen molar-refractivity contribution in [3.05, 3.63) is 58.4 Å². The molecule has 0 unspecified atom stereocenters. The van der Waals surface area contributed by atoms with Gasteiger partial charge in [-0.1, -0.05) is 30.3 Å². The van der Waals surface area contributed by atoms with Gasteiger partial charge < -0.3 is 26.3 Å². The number of carbonyl (C=O) groups excluding carboxylic acids is 2. The highest BCUT2D eigenvalue weighted by molar-refractivity contribution is 5.76. The van der Waals surface area contributed by atoms with Gasteiger partial charge in [0.15, 0.2) is 0 Å². The number of nitrogens with one attached hydrogen (secondary N) is 1. The Morgan fingerprint density at radius 1 is 0.854 bits per heavy atom. The molecule has 0 bridgehead atoms. The zero-order chi connectivity index (χ0) is 29.9. The van der Waals surface area contributed by atoms with E-state index in [1.165, 1.54) is 10.2 Å². The summed E-state index contributed by atoms with van der Waals surface area (Å²) in [6.07, 6.45) is 0.536. The van der Waals surface area contributed by atoms with Crippen molar-refractivity contribution in [3.8, 4) is 0 Å². The molecule has 0 fully saturated rings. The maximum absolute atomic E-state index is 12.3. The maximum atomic E-state index is 12.3. The van der Waals surface area contributed by atoms with Crippen LogP contribution in [0.3, 0.4) is 0 Å². The van der Waals surface area contributed by atoms with Crippen molar-refractivity contribution >= 4 is 23.8 Å². The Morgan fingerprint density at radius 2 is 1.39 bits per heavy atom. The number of hydrogen-bond acceptors (Lipinski definition) is 10. The lowest BCUT2D eigenvalue weighted by atomic mass is 10.1. The number of benzene rings is 1. The third-order valence-corrected chi connectivity index (χ3v) is 6.49. The van der Waals surface area contributed by atoms with Gasteiger partial charge in [0.2, 0.25) is 0 Å². The van der Waals surface area contributed by atoms with Crippen molar-refractivity contribution in [2.45, 2.75) is 85.2 Å². The predicted octanol–water partition coefficient (Wildman–Crippen LogP) is 3.70. The first-order chi connectivity index (χ1) is 19.2. The molecule has 0 saturated carbocycles. The minimum Gasteiger partial charge on any atom is -0.442 e. The summed E-state index contributed by atoms with van der Waals surface area (Å²) in [5.41, 5.74) is 15.8. The highest BCUT2D eigenvalue weighted by atomic mass is 16.6. The SMILES string of the molecule is CC(C)(C)OC(=O)n1nc2c(c1N)CCN(Cc1ccccc1)C2.CC(C)(C)OC(=O)n1nc2c(c1N)CCNC2. The summed E-state index contributed by atoms with van der Waals surface area (Å²) >= 11 is 0. The molecular formula is C29H42N8O4. The standard InChI is InChI=1S/C18H24N4O2.C11H18N4O2/c1-18(2,3)24-17(23)22-16(19)14-9-10-21(12-15(14)20-22)11-13-7-5-4-6-8-13;1-11(2,3)17-10(16)15-9(12)7-4-5-13-6-8(7)14-15/h4-8H,9-12,19H2,1-3H3;13H,4-6,12H2,1-3H3. The number of anilines is 2. The molecule has 5 rings (SSSR count). The van der Waals surface area contributed by atoms with E-state index in [1.807, 2.05) is 59.7 Å². The van der Waals surface area contributed by atoms with Gasteiger partial charge in [-0.2, -0.15) is 10.2 Å². The molecule has 0 spiro atoms. The van der Waals surface area contributed by atoms with E-state index in [9.17, 15) is 9.59 Å². The van der Waals surface area contributed by atoms with Crippen LogP contribution in [-0.4, -0.2) is 60.9 Å². The molecule has 41 heavy (non-hydrogen) atoms. The van der Waals surface area contributed by atoms with Gasteiger partial charge in [0.25, 0.3) is 0 Å². The Balaban J connectivity index is 0.000000201. The lowest BCUT2D eigenvalue weighted by molar-refractivity contribution is 0.0506. The Kier molecular flexibility index (Phi) is 8.74. The van der Waals surface area contributed by atoms with Crippen LogP contribution in [0.4, 0.5) is 21.2 Å². The van der Waals surface area contributed by atoms with Gasteiger partial charge in [0.05, 0.1) is 11.4 Å². The molecule has 2 aromatic heterocycles. The number of nitrogens with zero attached hydrogens (tertiary/aromatic N) is 5. The van der Waals surface area contributed by atoms with Gasteiger partial charge >= 0.3 is 12.2 Å². The summed E-state index contributed by atoms with van der Waals surface area (Å²) in [5.74, 6) is 0.800. The fraction of sp³-hybridized carbons (Fsp3) is 0.517. The van der Waals surface area contributed by atoms with Crippen LogP contribution in [0.15, 0.2) is 30.3 Å². The molecular weight excluding hydrogens is 524 g/mol. The van der Waals surface area contributed by atoms with Gasteiger partial charge in [-0.05, 0) is 66.5 Å². The van der Waals surface area contributed by atoms with E-state index in [-0.39, 0.29) is 0 Å². The molecule has 4 heterocycles. The summed E-state index contributed by atoms with van der Waals surface area (Å²) in [5, 5.41) is 11.8. The second kappa shape index (κ2) is 11.9. The molecule has 1 aromatic carbocycles. The number of hydrogen-bond donors (Lipinski definition) is 3. The number of nitrogen functional groups attached to an aromatic ring is 2. The average Bonchev–Trinajstić information content (AvgIpc) is 3.40. The monoisotopic (exact) mass is 566 g/mol. The highest BCUT2D eigenvalue weighted by Gasteiger charge is 2.28. The van der Waals surface area contributed by atoms with Crippen molar-refractivity contribution in [1.82, 2.24) is 29.8 Å². The van der Waals surface area contributed by atoms with Gasteiger partial charge in [-0.15, -0.1) is 9.36 Å². The number of ether oxygens (including phenoxy) is 2. The van der Waals surface area contributed by atoms with Crippen LogP contribution < -0.4 is 16.8 Å². The van der Waals surface area contributed by atoms with E-state index < -0.39 is 23.4 Å². The molecule has 0 atom stereocenters. The third kappa shape index (κ3) is 7.65. The van der Waals surface area contributed by atoms with Crippen molar-refractivity contribution in [1.29, 1.82) is 0 Å². The first-order valence-corrected chi connectivity index (χ1v) is 13.9. The van der Waals surface area contributed by atoms with Crippen LogP contribution in [0.2, 0.25) is 0 Å². The number of fused-ring (bicyclic) bond motifs is 2. The van der Waals surface area contributed by atoms with Crippen molar-refractivity contribution in [2.24, 2.45) is 0 Å². The Bertz CT molecular complexity index is 1380. The summed E-state index contributed by atoms with van der Waals surface area (Å²) in [6, 6.07) is 10.3. The van der Waals surface area contributed by atoms with E-state index in [0.29, 0.717) is 24.7 Å². The molecule has 2 aliphatic rings. The Morgan fingerprint density at radius 3 is 1.93 bits per heavy atom. The summed E-state index contributed by atoms with van der Waals surface area (Å²) in [7, 11) is 0. The van der Waals surface area contributed by atoms with Crippen LogP contribution in [0.1, 0.15) is 69.6 Å². The lowest BCUT2D eigenvalue weighted by Crippen LogP contribution is -2.30. The Hall–Kier alpha value is -3.90. The van der Waals surface area contributed by atoms with Gasteiger partial charge in [0.1, 0.15) is 22.8 Å². The molecule has 222 valence electrons. The molecule has 2 aliphatic heterocycles. The quantitative estimate of drug-likeness (QED) is 0.418. The summed E-state index contributed by atoms with van der Waals surface area (Å²) < 4.78 is 13.0. The average molecular weight is 567 g/mol. The van der Waals surface area contributed by atoms with Crippen molar-refractivity contribution in [3.63, 3.8) is 0 Å². The van der Waals surface area contributed by atoms with E-state index in [0.717, 1.165) is 59.7 Å². The van der Waals surface area contributed by atoms with Gasteiger partial charge in [-0.25, -0.2) is 9.59 Å². The van der Waals surface area contributed by atoms with Crippen LogP contribution in [0, 0.1) is 0 Å². The Labute approximate surface area is 240 Å². The van der Waals surface area contributed by atoms with E-state index in [1.54, 1.807) is 0 Å². The second-order valence-electron chi connectivity index (χ2n) is 12.3. The first-order valence-electron chi connectivity index (χ1n) is 13.9. The number of rotatable bonds is 2. The van der Waals surface area contributed by atoms with E-state index in [4.69, 9.17) is 20.9 Å². The highest BCUT2D eigenvalue weighted by Crippen LogP contribution is 2.26. The fourth-order valence-electron chi connectivity index (χ4n) is 4.68. The van der Waals surface area contributed by atoms with Crippen LogP contribution in [0.5, 0.6) is 0 Å². The van der Waals surface area contributed by atoms with Gasteiger partial charge in [0, 0.05) is 37.3 Å². The zero-order valence-corrected chi connectivity index (χ0v) is 24.9. The maximum Gasteiger partial charge on any atom is 0.437 e. The van der Waals surface area contributed by atoms with Crippen LogP contribution in [-0.2, 0) is 41.9 Å². The molecule has 0 aliphatic carbocycles. The first kappa shape index (κ1) is 30.1. The molecule has 0 saturated heterocycles. The molecule has 12 nitrogen and oxygen atoms in total. The lowest BCUT2D eigenvalue weighted by Gasteiger charge is -2.25. The second-order valence-corrected chi connectivity index (χ2v) is 12.3. The summed E-state index contributed by atoms with van der Waals surface area (Å²) in [4.78, 5) is 26.4. The molecule has 12 heteroatoms. The van der Waals surface area contributed by atoms with Crippen molar-refractivity contribution < 1.29 is 19.1 Å². The zero-order valence-electron chi connectivity index (χ0n) is 24.9. The van der Waals surface area contributed by atoms with Crippen molar-refractivity contribution in [2.75, 3.05) is 24.6 Å². The number of carbonyl (C=O) groups is 2. The molecule has 3 aromatic rings. The largest absolute Gasteiger partial charge is 0.442 e. The minimum absolute atomic E-state index is 0.399. The van der Waals surface area contributed by atoms with E-state index >= 15 is 0 Å². The van der Waals surface area contributed by atoms with Crippen LogP contribution in [0.25, 0.3) is 0 Å². The molecule has 0 amide bonds. The molecule has 5 N–H and O–H groups in total. The summed E-state index contributed by atoms with van der Waals surface area (Å²) in [6.45, 7) is 14.9. The van der Waals surface area contributed by atoms with Gasteiger partial charge in [-0.3, -0.25) is 4.90 Å². The minimum atomic E-state index is -0.574. The number of nitrogens with two attached hydrogens (primary N) is 2.